The van der Waals surface area contributed by atoms with Crippen LogP contribution in [-0.2, 0) is 6.61 Å². The van der Waals surface area contributed by atoms with Gasteiger partial charge in [-0.1, -0.05) is 0 Å². The van der Waals surface area contributed by atoms with E-state index >= 15 is 0 Å². The summed E-state index contributed by atoms with van der Waals surface area (Å²) in [6.07, 6.45) is 1.76. The van der Waals surface area contributed by atoms with Crippen molar-refractivity contribution in [3.63, 3.8) is 0 Å². The van der Waals surface area contributed by atoms with E-state index in [1.54, 1.807) is 6.20 Å². The fourth-order valence-corrected chi connectivity index (χ4v) is 1.81. The molecule has 0 atom stereocenters. The smallest absolute Gasteiger partial charge is 0.0853 e. The second kappa shape index (κ2) is 4.59. The number of hydrogen-bond acceptors (Lipinski definition) is 4. The highest BCUT2D eigenvalue weighted by atomic mass is 16.3. The second-order valence-corrected chi connectivity index (χ2v) is 3.95. The second-order valence-electron chi connectivity index (χ2n) is 3.95. The van der Waals surface area contributed by atoms with Gasteiger partial charge in [0.25, 0.3) is 0 Å². The Morgan fingerprint density at radius 1 is 1.33 bits per heavy atom. The molecule has 1 aromatic heterocycles. The predicted molar refractivity (Wildman–Crippen MR) is 59.9 cm³/mol. The van der Waals surface area contributed by atoms with Crippen molar-refractivity contribution in [1.29, 1.82) is 0 Å². The van der Waals surface area contributed by atoms with Gasteiger partial charge in [-0.25, -0.2) is 0 Å². The molecule has 0 saturated carbocycles. The summed E-state index contributed by atoms with van der Waals surface area (Å²) in [5, 5.41) is 9.01. The minimum absolute atomic E-state index is 0.0155. The Kier molecular flexibility index (Phi) is 3.18. The maximum Gasteiger partial charge on any atom is 0.0853 e. The molecule has 0 aliphatic carbocycles. The highest BCUT2D eigenvalue weighted by Crippen LogP contribution is 2.16. The largest absolute Gasteiger partial charge is 0.390 e. The number of hydrogen-bond donors (Lipinski definition) is 1. The maximum atomic E-state index is 9.01. The summed E-state index contributed by atoms with van der Waals surface area (Å²) < 4.78 is 0. The molecule has 0 spiro atoms. The van der Waals surface area contributed by atoms with Crippen molar-refractivity contribution in [2.45, 2.75) is 6.61 Å². The number of likely N-dealkylation sites (N-methyl/N-ethyl adjacent to an activating group) is 1. The molecule has 0 bridgehead atoms. The van der Waals surface area contributed by atoms with Crippen molar-refractivity contribution < 1.29 is 5.11 Å². The summed E-state index contributed by atoms with van der Waals surface area (Å²) >= 11 is 0. The quantitative estimate of drug-likeness (QED) is 0.758. The van der Waals surface area contributed by atoms with Crippen LogP contribution in [-0.4, -0.2) is 48.2 Å². The SMILES string of the molecule is CN1CCN(c2ccnc(CO)c2)CC1. The minimum Gasteiger partial charge on any atom is -0.390 e. The Bertz CT molecular complexity index is 321. The van der Waals surface area contributed by atoms with Crippen LogP contribution >= 0.6 is 0 Å². The summed E-state index contributed by atoms with van der Waals surface area (Å²) in [5.41, 5.74) is 1.91. The molecule has 2 heterocycles. The lowest BCUT2D eigenvalue weighted by atomic mass is 10.2. The third-order valence-corrected chi connectivity index (χ3v) is 2.83. The van der Waals surface area contributed by atoms with E-state index in [0.29, 0.717) is 0 Å². The van der Waals surface area contributed by atoms with Crippen molar-refractivity contribution in [1.82, 2.24) is 9.88 Å². The van der Waals surface area contributed by atoms with Crippen LogP contribution < -0.4 is 4.90 Å². The number of piperazine rings is 1. The predicted octanol–water partition coefficient (Wildman–Crippen LogP) is 0.326. The highest BCUT2D eigenvalue weighted by Gasteiger charge is 2.14. The van der Waals surface area contributed by atoms with Gasteiger partial charge >= 0.3 is 0 Å². The molecule has 0 radical (unpaired) electrons. The molecule has 1 fully saturated rings. The number of aliphatic hydroxyl groups is 1. The fraction of sp³-hybridized carbons (Fsp3) is 0.545. The van der Waals surface area contributed by atoms with Crippen molar-refractivity contribution in [2.75, 3.05) is 38.1 Å². The number of nitrogens with zero attached hydrogens (tertiary/aromatic N) is 3. The molecule has 82 valence electrons. The molecule has 15 heavy (non-hydrogen) atoms. The van der Waals surface area contributed by atoms with Crippen LogP contribution in [0.25, 0.3) is 0 Å². The summed E-state index contributed by atoms with van der Waals surface area (Å²) in [6, 6.07) is 3.97. The van der Waals surface area contributed by atoms with Gasteiger partial charge in [-0.3, -0.25) is 4.98 Å². The van der Waals surface area contributed by atoms with Gasteiger partial charge in [0, 0.05) is 38.1 Å². The lowest BCUT2D eigenvalue weighted by Gasteiger charge is -2.34. The van der Waals surface area contributed by atoms with Gasteiger partial charge in [-0.05, 0) is 19.2 Å². The molecule has 4 nitrogen and oxygen atoms in total. The van der Waals surface area contributed by atoms with Crippen LogP contribution in [0.2, 0.25) is 0 Å². The van der Waals surface area contributed by atoms with Gasteiger partial charge < -0.3 is 14.9 Å². The van der Waals surface area contributed by atoms with E-state index < -0.39 is 0 Å². The number of rotatable bonds is 2. The third-order valence-electron chi connectivity index (χ3n) is 2.83. The molecule has 1 N–H and O–H groups in total. The van der Waals surface area contributed by atoms with Gasteiger partial charge in [-0.2, -0.15) is 0 Å². The van der Waals surface area contributed by atoms with Gasteiger partial charge in [0.2, 0.25) is 0 Å². The molecule has 0 amide bonds. The Balaban J connectivity index is 2.08. The topological polar surface area (TPSA) is 39.6 Å². The molecular weight excluding hydrogens is 190 g/mol. The van der Waals surface area contributed by atoms with Gasteiger partial charge in [0.15, 0.2) is 0 Å². The summed E-state index contributed by atoms with van der Waals surface area (Å²) in [4.78, 5) is 8.74. The fourth-order valence-electron chi connectivity index (χ4n) is 1.81. The molecule has 2 rings (SSSR count). The van der Waals surface area contributed by atoms with E-state index in [4.69, 9.17) is 5.11 Å². The standard InChI is InChI=1S/C11H17N3O/c1-13-4-6-14(7-5-13)11-2-3-12-10(8-11)9-15/h2-3,8,15H,4-7,9H2,1H3. The Hall–Kier alpha value is -1.13. The van der Waals surface area contributed by atoms with Crippen LogP contribution in [0.4, 0.5) is 5.69 Å². The molecule has 1 aliphatic rings. The van der Waals surface area contributed by atoms with Crippen LogP contribution in [0, 0.1) is 0 Å². The van der Waals surface area contributed by atoms with E-state index in [0.717, 1.165) is 31.9 Å². The Morgan fingerprint density at radius 2 is 2.07 bits per heavy atom. The van der Waals surface area contributed by atoms with Crippen LogP contribution in [0.5, 0.6) is 0 Å². The number of aliphatic hydroxyl groups excluding tert-OH is 1. The van der Waals surface area contributed by atoms with Crippen molar-refractivity contribution in [3.05, 3.63) is 24.0 Å². The van der Waals surface area contributed by atoms with E-state index in [-0.39, 0.29) is 6.61 Å². The molecule has 1 saturated heterocycles. The molecule has 4 heteroatoms. The van der Waals surface area contributed by atoms with Crippen molar-refractivity contribution in [3.8, 4) is 0 Å². The summed E-state index contributed by atoms with van der Waals surface area (Å²) in [5.74, 6) is 0. The average molecular weight is 207 g/mol. The van der Waals surface area contributed by atoms with Crippen molar-refractivity contribution >= 4 is 5.69 Å². The van der Waals surface area contributed by atoms with Crippen molar-refractivity contribution in [2.24, 2.45) is 0 Å². The number of pyridine rings is 1. The molecule has 1 aliphatic heterocycles. The summed E-state index contributed by atoms with van der Waals surface area (Å²) in [6.45, 7) is 4.30. The third kappa shape index (κ3) is 2.46. The Morgan fingerprint density at radius 3 is 2.73 bits per heavy atom. The lowest BCUT2D eigenvalue weighted by Crippen LogP contribution is -2.44. The zero-order valence-corrected chi connectivity index (χ0v) is 9.06. The van der Waals surface area contributed by atoms with E-state index in [1.165, 1.54) is 5.69 Å². The van der Waals surface area contributed by atoms with E-state index in [2.05, 4.69) is 21.8 Å². The maximum absolute atomic E-state index is 9.01. The van der Waals surface area contributed by atoms with Gasteiger partial charge in [0.05, 0.1) is 12.3 Å². The lowest BCUT2D eigenvalue weighted by molar-refractivity contribution is 0.276. The first-order chi connectivity index (χ1) is 7.29. The van der Waals surface area contributed by atoms with Gasteiger partial charge in [0.1, 0.15) is 0 Å². The summed E-state index contributed by atoms with van der Waals surface area (Å²) in [7, 11) is 2.14. The number of aromatic nitrogens is 1. The zero-order chi connectivity index (χ0) is 10.7. The molecule has 1 aromatic rings. The first kappa shape index (κ1) is 10.4. The monoisotopic (exact) mass is 207 g/mol. The zero-order valence-electron chi connectivity index (χ0n) is 9.06. The number of anilines is 1. The van der Waals surface area contributed by atoms with E-state index in [9.17, 15) is 0 Å². The van der Waals surface area contributed by atoms with Crippen LogP contribution in [0.3, 0.4) is 0 Å². The first-order valence-corrected chi connectivity index (χ1v) is 5.29. The van der Waals surface area contributed by atoms with Crippen LogP contribution in [0.1, 0.15) is 5.69 Å². The molecule has 0 unspecified atom stereocenters. The van der Waals surface area contributed by atoms with Crippen LogP contribution in [0.15, 0.2) is 18.3 Å². The van der Waals surface area contributed by atoms with Gasteiger partial charge in [-0.15, -0.1) is 0 Å². The first-order valence-electron chi connectivity index (χ1n) is 5.29. The normalized spacial score (nSPS) is 18.1. The molecule has 0 aromatic carbocycles. The average Bonchev–Trinajstić information content (AvgIpc) is 2.30. The minimum atomic E-state index is 0.0155. The highest BCUT2D eigenvalue weighted by molar-refractivity contribution is 5.46. The molecular formula is C11H17N3O. The Labute approximate surface area is 90.1 Å². The van der Waals surface area contributed by atoms with E-state index in [1.807, 2.05) is 12.1 Å².